The Morgan fingerprint density at radius 2 is 1.90 bits per heavy atom. The van der Waals surface area contributed by atoms with Crippen LogP contribution in [-0.2, 0) is 0 Å². The van der Waals surface area contributed by atoms with Crippen molar-refractivity contribution in [3.8, 4) is 0 Å². The van der Waals surface area contributed by atoms with Gasteiger partial charge >= 0.3 is 0 Å². The summed E-state index contributed by atoms with van der Waals surface area (Å²) in [5.74, 6) is 0.610. The highest BCUT2D eigenvalue weighted by Crippen LogP contribution is 2.23. The number of halogens is 1. The fourth-order valence-corrected chi connectivity index (χ4v) is 2.13. The molecule has 1 unspecified atom stereocenters. The molecule has 1 aromatic heterocycles. The van der Waals surface area contributed by atoms with Crippen LogP contribution < -0.4 is 10.2 Å². The number of hydrogen-bond donors (Lipinski definition) is 1. The Morgan fingerprint density at radius 1 is 1.19 bits per heavy atom. The molecule has 0 saturated carbocycles. The van der Waals surface area contributed by atoms with E-state index in [4.69, 9.17) is 0 Å². The second-order valence-corrected chi connectivity index (χ2v) is 5.16. The third-order valence-electron chi connectivity index (χ3n) is 3.53. The number of benzene rings is 1. The summed E-state index contributed by atoms with van der Waals surface area (Å²) in [6, 6.07) is 10.8. The Labute approximate surface area is 125 Å². The molecule has 4 heteroatoms. The number of hydrogen-bond acceptors (Lipinski definition) is 3. The lowest BCUT2D eigenvalue weighted by atomic mass is 10.1. The normalized spacial score (nSPS) is 12.2. The Kier molecular flexibility index (Phi) is 5.28. The summed E-state index contributed by atoms with van der Waals surface area (Å²) in [5.41, 5.74) is 2.08. The molecule has 0 aliphatic heterocycles. The largest absolute Gasteiger partial charge is 0.329 e. The second-order valence-electron chi connectivity index (χ2n) is 5.16. The summed E-state index contributed by atoms with van der Waals surface area (Å²) in [5, 5.41) is 3.44. The zero-order valence-electron chi connectivity index (χ0n) is 12.8. The zero-order chi connectivity index (χ0) is 15.2. The van der Waals surface area contributed by atoms with Crippen molar-refractivity contribution in [2.75, 3.05) is 18.5 Å². The maximum Gasteiger partial charge on any atom is 0.132 e. The summed E-state index contributed by atoms with van der Waals surface area (Å²) in [4.78, 5) is 6.44. The molecule has 0 fully saturated rings. The molecule has 3 nitrogen and oxygen atoms in total. The van der Waals surface area contributed by atoms with Crippen molar-refractivity contribution < 1.29 is 4.39 Å². The standard InChI is InChI=1S/C17H22FN3/c1-4-11-19-13(2)14-5-10-17(20-12-14)21(3)16-8-6-15(18)7-9-16/h5-10,12-13,19H,4,11H2,1-3H3. The zero-order valence-corrected chi connectivity index (χ0v) is 12.8. The lowest BCUT2D eigenvalue weighted by molar-refractivity contribution is 0.569. The van der Waals surface area contributed by atoms with Gasteiger partial charge in [-0.25, -0.2) is 9.37 Å². The van der Waals surface area contributed by atoms with Gasteiger partial charge in [-0.1, -0.05) is 13.0 Å². The molecule has 2 aromatic rings. The van der Waals surface area contributed by atoms with Gasteiger partial charge in [0.25, 0.3) is 0 Å². The number of rotatable bonds is 6. The van der Waals surface area contributed by atoms with Crippen LogP contribution in [0.3, 0.4) is 0 Å². The van der Waals surface area contributed by atoms with Crippen LogP contribution >= 0.6 is 0 Å². The molecule has 0 bridgehead atoms. The first-order chi connectivity index (χ1) is 10.1. The van der Waals surface area contributed by atoms with Crippen LogP contribution in [-0.4, -0.2) is 18.6 Å². The third-order valence-corrected chi connectivity index (χ3v) is 3.53. The number of pyridine rings is 1. The highest BCUT2D eigenvalue weighted by atomic mass is 19.1. The summed E-state index contributed by atoms with van der Waals surface area (Å²) < 4.78 is 13.0. The molecule has 2 rings (SSSR count). The van der Waals surface area contributed by atoms with Crippen molar-refractivity contribution in [2.24, 2.45) is 0 Å². The highest BCUT2D eigenvalue weighted by Gasteiger charge is 2.08. The van der Waals surface area contributed by atoms with E-state index >= 15 is 0 Å². The fraction of sp³-hybridized carbons (Fsp3) is 0.353. The van der Waals surface area contributed by atoms with Gasteiger partial charge < -0.3 is 10.2 Å². The molecule has 1 heterocycles. The van der Waals surface area contributed by atoms with Crippen molar-refractivity contribution >= 4 is 11.5 Å². The van der Waals surface area contributed by atoms with Crippen LogP contribution in [0, 0.1) is 5.82 Å². The van der Waals surface area contributed by atoms with Crippen LogP contribution in [0.5, 0.6) is 0 Å². The minimum Gasteiger partial charge on any atom is -0.329 e. The van der Waals surface area contributed by atoms with Gasteiger partial charge in [0.2, 0.25) is 0 Å². The van der Waals surface area contributed by atoms with Crippen molar-refractivity contribution in [3.05, 3.63) is 54.0 Å². The Hall–Kier alpha value is -1.94. The van der Waals surface area contributed by atoms with E-state index in [1.165, 1.54) is 17.7 Å². The highest BCUT2D eigenvalue weighted by molar-refractivity contribution is 5.58. The predicted molar refractivity (Wildman–Crippen MR) is 85.4 cm³/mol. The molecular formula is C17H22FN3. The SMILES string of the molecule is CCCNC(C)c1ccc(N(C)c2ccc(F)cc2)nc1. The second kappa shape index (κ2) is 7.18. The fourth-order valence-electron chi connectivity index (χ4n) is 2.13. The van der Waals surface area contributed by atoms with Gasteiger partial charge in [0.15, 0.2) is 0 Å². The minimum atomic E-state index is -0.230. The summed E-state index contributed by atoms with van der Waals surface area (Å²) in [6.07, 6.45) is 3.01. The van der Waals surface area contributed by atoms with E-state index in [9.17, 15) is 4.39 Å². The van der Waals surface area contributed by atoms with Gasteiger partial charge in [-0.15, -0.1) is 0 Å². The number of aromatic nitrogens is 1. The monoisotopic (exact) mass is 287 g/mol. The molecule has 0 radical (unpaired) electrons. The van der Waals surface area contributed by atoms with Crippen molar-refractivity contribution in [1.82, 2.24) is 10.3 Å². The summed E-state index contributed by atoms with van der Waals surface area (Å²) in [7, 11) is 1.92. The lowest BCUT2D eigenvalue weighted by Gasteiger charge is -2.19. The molecule has 1 aromatic carbocycles. The third kappa shape index (κ3) is 4.02. The molecule has 112 valence electrons. The Balaban J connectivity index is 2.09. The van der Waals surface area contributed by atoms with Gasteiger partial charge in [0, 0.05) is 25.0 Å². The summed E-state index contributed by atoms with van der Waals surface area (Å²) in [6.45, 7) is 5.28. The average Bonchev–Trinajstić information content (AvgIpc) is 2.53. The smallest absolute Gasteiger partial charge is 0.132 e. The molecule has 1 N–H and O–H groups in total. The van der Waals surface area contributed by atoms with E-state index in [0.29, 0.717) is 6.04 Å². The first kappa shape index (κ1) is 15.4. The van der Waals surface area contributed by atoms with E-state index in [1.54, 1.807) is 12.1 Å². The van der Waals surface area contributed by atoms with Crippen molar-refractivity contribution in [1.29, 1.82) is 0 Å². The van der Waals surface area contributed by atoms with Crippen LogP contribution in [0.15, 0.2) is 42.6 Å². The molecule has 0 aliphatic carbocycles. The van der Waals surface area contributed by atoms with E-state index < -0.39 is 0 Å². The molecule has 21 heavy (non-hydrogen) atoms. The van der Waals surface area contributed by atoms with Crippen LogP contribution in [0.1, 0.15) is 31.9 Å². The van der Waals surface area contributed by atoms with Gasteiger partial charge in [0.05, 0.1) is 0 Å². The molecular weight excluding hydrogens is 265 g/mol. The molecule has 0 saturated heterocycles. The van der Waals surface area contributed by atoms with E-state index in [1.807, 2.05) is 24.2 Å². The molecule has 0 aliphatic rings. The topological polar surface area (TPSA) is 28.2 Å². The number of anilines is 2. The van der Waals surface area contributed by atoms with Crippen LogP contribution in [0.4, 0.5) is 15.9 Å². The van der Waals surface area contributed by atoms with Gasteiger partial charge in [0.1, 0.15) is 11.6 Å². The van der Waals surface area contributed by atoms with E-state index in [-0.39, 0.29) is 5.82 Å². The van der Waals surface area contributed by atoms with E-state index in [0.717, 1.165) is 24.5 Å². The Morgan fingerprint density at radius 3 is 2.48 bits per heavy atom. The lowest BCUT2D eigenvalue weighted by Crippen LogP contribution is -2.19. The minimum absolute atomic E-state index is 0.230. The van der Waals surface area contributed by atoms with Crippen LogP contribution in [0.2, 0.25) is 0 Å². The van der Waals surface area contributed by atoms with E-state index in [2.05, 4.69) is 30.2 Å². The molecule has 0 spiro atoms. The van der Waals surface area contributed by atoms with Crippen molar-refractivity contribution in [2.45, 2.75) is 26.3 Å². The quantitative estimate of drug-likeness (QED) is 0.868. The average molecular weight is 287 g/mol. The predicted octanol–water partition coefficient (Wildman–Crippen LogP) is 4.05. The maximum absolute atomic E-state index is 13.0. The first-order valence-electron chi connectivity index (χ1n) is 7.30. The molecule has 0 amide bonds. The van der Waals surface area contributed by atoms with Gasteiger partial charge in [-0.05, 0) is 55.8 Å². The number of nitrogens with one attached hydrogen (secondary N) is 1. The summed E-state index contributed by atoms with van der Waals surface area (Å²) >= 11 is 0. The molecule has 1 atom stereocenters. The van der Waals surface area contributed by atoms with Gasteiger partial charge in [-0.2, -0.15) is 0 Å². The number of nitrogens with zero attached hydrogens (tertiary/aromatic N) is 2. The van der Waals surface area contributed by atoms with Gasteiger partial charge in [-0.3, -0.25) is 0 Å². The first-order valence-corrected chi connectivity index (χ1v) is 7.30. The van der Waals surface area contributed by atoms with Crippen LogP contribution in [0.25, 0.3) is 0 Å². The van der Waals surface area contributed by atoms with Crippen molar-refractivity contribution in [3.63, 3.8) is 0 Å². The Bertz CT molecular complexity index is 551. The maximum atomic E-state index is 13.0.